The van der Waals surface area contributed by atoms with Crippen LogP contribution in [0.2, 0.25) is 0 Å². The number of carbonyl (C=O) groups is 1. The van der Waals surface area contributed by atoms with Crippen molar-refractivity contribution in [2.75, 3.05) is 11.9 Å². The minimum absolute atomic E-state index is 0.00690. The van der Waals surface area contributed by atoms with Gasteiger partial charge in [0.15, 0.2) is 0 Å². The zero-order valence-corrected chi connectivity index (χ0v) is 12.7. The second-order valence-corrected chi connectivity index (χ2v) is 5.84. The molecule has 0 saturated heterocycles. The smallest absolute Gasteiger partial charge is 0.255 e. The Hall–Kier alpha value is -1.58. The highest BCUT2D eigenvalue weighted by Gasteiger charge is 2.22. The number of carbonyl (C=O) groups excluding carboxylic acids is 1. The highest BCUT2D eigenvalue weighted by Crippen LogP contribution is 2.24. The lowest BCUT2D eigenvalue weighted by atomic mass is 9.87. The standard InChI is InChI=1S/C16H25N3O/c1-4-17-15-9-12(3)18-10-14(15)16(20)19-13-7-5-6-11(2)8-13/h9-11,13H,4-8H2,1-3H3,(H,17,18)(H,19,20). The fourth-order valence-electron chi connectivity index (χ4n) is 2.91. The van der Waals surface area contributed by atoms with Gasteiger partial charge in [-0.15, -0.1) is 0 Å². The molecule has 2 rings (SSSR count). The summed E-state index contributed by atoms with van der Waals surface area (Å²) < 4.78 is 0. The Kier molecular flexibility index (Phi) is 4.99. The van der Waals surface area contributed by atoms with Crippen LogP contribution in [-0.2, 0) is 0 Å². The van der Waals surface area contributed by atoms with Gasteiger partial charge >= 0.3 is 0 Å². The number of hydrogen-bond acceptors (Lipinski definition) is 3. The zero-order valence-electron chi connectivity index (χ0n) is 12.7. The van der Waals surface area contributed by atoms with Crippen LogP contribution in [0.4, 0.5) is 5.69 Å². The van der Waals surface area contributed by atoms with E-state index < -0.39 is 0 Å². The summed E-state index contributed by atoms with van der Waals surface area (Å²) in [6.07, 6.45) is 6.34. The van der Waals surface area contributed by atoms with Crippen LogP contribution in [0.5, 0.6) is 0 Å². The third-order valence-corrected chi connectivity index (χ3v) is 3.92. The summed E-state index contributed by atoms with van der Waals surface area (Å²) in [7, 11) is 0. The van der Waals surface area contributed by atoms with Crippen LogP contribution >= 0.6 is 0 Å². The number of aromatic nitrogens is 1. The van der Waals surface area contributed by atoms with E-state index in [1.807, 2.05) is 19.9 Å². The fourth-order valence-corrected chi connectivity index (χ4v) is 2.91. The van der Waals surface area contributed by atoms with Gasteiger partial charge in [-0.25, -0.2) is 0 Å². The number of rotatable bonds is 4. The zero-order chi connectivity index (χ0) is 14.5. The summed E-state index contributed by atoms with van der Waals surface area (Å²) >= 11 is 0. The first-order chi connectivity index (χ1) is 9.60. The number of pyridine rings is 1. The molecule has 1 amide bonds. The number of amides is 1. The third kappa shape index (κ3) is 3.71. The second kappa shape index (κ2) is 6.73. The summed E-state index contributed by atoms with van der Waals surface area (Å²) in [4.78, 5) is 16.7. The van der Waals surface area contributed by atoms with Gasteiger partial charge in [-0.1, -0.05) is 19.8 Å². The summed E-state index contributed by atoms with van der Waals surface area (Å²) in [5, 5.41) is 6.41. The lowest BCUT2D eigenvalue weighted by Crippen LogP contribution is -2.38. The van der Waals surface area contributed by atoms with Gasteiger partial charge in [-0.3, -0.25) is 9.78 Å². The van der Waals surface area contributed by atoms with E-state index >= 15 is 0 Å². The first kappa shape index (κ1) is 14.8. The molecule has 2 N–H and O–H groups in total. The van der Waals surface area contributed by atoms with E-state index in [4.69, 9.17) is 0 Å². The van der Waals surface area contributed by atoms with Crippen LogP contribution < -0.4 is 10.6 Å². The fraction of sp³-hybridized carbons (Fsp3) is 0.625. The molecule has 1 fully saturated rings. The molecule has 1 saturated carbocycles. The minimum atomic E-state index is -0.00690. The molecule has 1 aliphatic rings. The van der Waals surface area contributed by atoms with E-state index in [9.17, 15) is 4.79 Å². The lowest BCUT2D eigenvalue weighted by Gasteiger charge is -2.27. The number of nitrogens with one attached hydrogen (secondary N) is 2. The molecule has 0 radical (unpaired) electrons. The Labute approximate surface area is 121 Å². The number of anilines is 1. The van der Waals surface area contributed by atoms with Gasteiger partial charge in [-0.2, -0.15) is 0 Å². The Morgan fingerprint density at radius 2 is 2.25 bits per heavy atom. The summed E-state index contributed by atoms with van der Waals surface area (Å²) in [6.45, 7) is 7.02. The van der Waals surface area contributed by atoms with E-state index in [0.29, 0.717) is 17.5 Å². The molecule has 2 unspecified atom stereocenters. The van der Waals surface area contributed by atoms with Crippen LogP contribution in [0, 0.1) is 12.8 Å². The number of aryl methyl sites for hydroxylation is 1. The van der Waals surface area contributed by atoms with Crippen molar-refractivity contribution < 1.29 is 4.79 Å². The van der Waals surface area contributed by atoms with Gasteiger partial charge in [0.1, 0.15) is 0 Å². The van der Waals surface area contributed by atoms with Gasteiger partial charge in [0.2, 0.25) is 0 Å². The summed E-state index contributed by atoms with van der Waals surface area (Å²) in [5.41, 5.74) is 2.45. The Balaban J connectivity index is 2.08. The maximum atomic E-state index is 12.4. The van der Waals surface area contributed by atoms with Crippen molar-refractivity contribution in [3.05, 3.63) is 23.5 Å². The van der Waals surface area contributed by atoms with Crippen molar-refractivity contribution in [2.24, 2.45) is 5.92 Å². The first-order valence-electron chi connectivity index (χ1n) is 7.61. The normalized spacial score (nSPS) is 22.4. The van der Waals surface area contributed by atoms with E-state index in [1.165, 1.54) is 12.8 Å². The maximum Gasteiger partial charge on any atom is 0.255 e. The van der Waals surface area contributed by atoms with Gasteiger partial charge in [-0.05, 0) is 38.7 Å². The van der Waals surface area contributed by atoms with Gasteiger partial charge < -0.3 is 10.6 Å². The van der Waals surface area contributed by atoms with E-state index in [-0.39, 0.29) is 5.91 Å². The molecule has 0 aliphatic heterocycles. The lowest BCUT2D eigenvalue weighted by molar-refractivity contribution is 0.0922. The van der Waals surface area contributed by atoms with Crippen molar-refractivity contribution in [2.45, 2.75) is 52.5 Å². The molecule has 20 heavy (non-hydrogen) atoms. The molecule has 0 aromatic carbocycles. The van der Waals surface area contributed by atoms with Crippen molar-refractivity contribution in [1.29, 1.82) is 0 Å². The first-order valence-corrected chi connectivity index (χ1v) is 7.61. The van der Waals surface area contributed by atoms with Crippen LogP contribution in [-0.4, -0.2) is 23.5 Å². The monoisotopic (exact) mass is 275 g/mol. The van der Waals surface area contributed by atoms with Gasteiger partial charge in [0.25, 0.3) is 5.91 Å². The summed E-state index contributed by atoms with van der Waals surface area (Å²) in [5.74, 6) is 0.700. The van der Waals surface area contributed by atoms with E-state index in [1.54, 1.807) is 6.20 Å². The van der Waals surface area contributed by atoms with Crippen molar-refractivity contribution >= 4 is 11.6 Å². The largest absolute Gasteiger partial charge is 0.385 e. The molecule has 1 aromatic rings. The topological polar surface area (TPSA) is 54.0 Å². The highest BCUT2D eigenvalue weighted by atomic mass is 16.1. The van der Waals surface area contributed by atoms with E-state index in [0.717, 1.165) is 30.8 Å². The molecule has 0 spiro atoms. The average Bonchev–Trinajstić information content (AvgIpc) is 2.39. The third-order valence-electron chi connectivity index (χ3n) is 3.92. The molecule has 1 aromatic heterocycles. The molecule has 0 bridgehead atoms. The Morgan fingerprint density at radius 3 is 2.95 bits per heavy atom. The molecule has 2 atom stereocenters. The number of nitrogens with zero attached hydrogens (tertiary/aromatic N) is 1. The maximum absolute atomic E-state index is 12.4. The molecular formula is C16H25N3O. The second-order valence-electron chi connectivity index (χ2n) is 5.84. The minimum Gasteiger partial charge on any atom is -0.385 e. The molecular weight excluding hydrogens is 250 g/mol. The average molecular weight is 275 g/mol. The SMILES string of the molecule is CCNc1cc(C)ncc1C(=O)NC1CCCC(C)C1. The molecule has 1 aliphatic carbocycles. The van der Waals surface area contributed by atoms with Crippen molar-refractivity contribution in [3.63, 3.8) is 0 Å². The predicted molar refractivity (Wildman–Crippen MR) is 82.0 cm³/mol. The summed E-state index contributed by atoms with van der Waals surface area (Å²) in [6, 6.07) is 2.24. The van der Waals surface area contributed by atoms with Crippen LogP contribution in [0.3, 0.4) is 0 Å². The Morgan fingerprint density at radius 1 is 1.45 bits per heavy atom. The van der Waals surface area contributed by atoms with Crippen LogP contribution in [0.1, 0.15) is 55.6 Å². The van der Waals surface area contributed by atoms with Crippen LogP contribution in [0.25, 0.3) is 0 Å². The predicted octanol–water partition coefficient (Wildman–Crippen LogP) is 3.13. The molecule has 4 nitrogen and oxygen atoms in total. The number of hydrogen-bond donors (Lipinski definition) is 2. The molecule has 4 heteroatoms. The van der Waals surface area contributed by atoms with Gasteiger partial charge in [0, 0.05) is 24.5 Å². The molecule has 1 heterocycles. The van der Waals surface area contributed by atoms with Gasteiger partial charge in [0.05, 0.1) is 11.3 Å². The van der Waals surface area contributed by atoms with Crippen molar-refractivity contribution in [1.82, 2.24) is 10.3 Å². The molecule has 110 valence electrons. The van der Waals surface area contributed by atoms with Crippen LogP contribution in [0.15, 0.2) is 12.3 Å². The van der Waals surface area contributed by atoms with E-state index in [2.05, 4.69) is 22.5 Å². The van der Waals surface area contributed by atoms with Crippen molar-refractivity contribution in [3.8, 4) is 0 Å². The Bertz CT molecular complexity index is 473. The quantitative estimate of drug-likeness (QED) is 0.887. The highest BCUT2D eigenvalue weighted by molar-refractivity contribution is 5.99.